The van der Waals surface area contributed by atoms with Crippen LogP contribution in [0.1, 0.15) is 50.5 Å². The predicted octanol–water partition coefficient (Wildman–Crippen LogP) is 4.84. The summed E-state index contributed by atoms with van der Waals surface area (Å²) in [7, 11) is 3.12. The third-order valence-electron chi connectivity index (χ3n) is 6.93. The number of benzene rings is 3. The number of carbonyl (C=O) groups is 1. The minimum atomic E-state index is -0.372. The largest absolute Gasteiger partial charge is 0.493 e. The summed E-state index contributed by atoms with van der Waals surface area (Å²) in [5.74, 6) is 1.16. The molecule has 4 N–H and O–H groups in total. The summed E-state index contributed by atoms with van der Waals surface area (Å²) in [4.78, 5) is 21.9. The van der Waals surface area contributed by atoms with Crippen LogP contribution < -0.4 is 20.9 Å². The number of aromatic nitrogens is 2. The van der Waals surface area contributed by atoms with E-state index in [2.05, 4.69) is 47.1 Å². The van der Waals surface area contributed by atoms with Crippen molar-refractivity contribution >= 4 is 30.0 Å². The molecule has 0 fully saturated rings. The lowest BCUT2D eigenvalue weighted by Gasteiger charge is -2.32. The highest BCUT2D eigenvalue weighted by atomic mass is 16.5. The van der Waals surface area contributed by atoms with Gasteiger partial charge in [0.2, 0.25) is 5.95 Å². The van der Waals surface area contributed by atoms with Gasteiger partial charge in [0, 0.05) is 35.4 Å². The van der Waals surface area contributed by atoms with E-state index in [0.29, 0.717) is 29.3 Å². The first kappa shape index (κ1) is 27.4. The quantitative estimate of drug-likeness (QED) is 0.316. The number of rotatable bonds is 7. The van der Waals surface area contributed by atoms with Crippen molar-refractivity contribution in [2.75, 3.05) is 25.7 Å². The first-order chi connectivity index (χ1) is 19.8. The van der Waals surface area contributed by atoms with Gasteiger partial charge in [-0.25, -0.2) is 9.99 Å². The maximum absolute atomic E-state index is 13.7. The van der Waals surface area contributed by atoms with E-state index in [4.69, 9.17) is 20.9 Å². The smallest absolute Gasteiger partial charge is 0.267 e. The first-order valence-corrected chi connectivity index (χ1v) is 13.1. The number of fused-ring (bicyclic) bond motifs is 1. The molecule has 0 aliphatic carbocycles. The Kier molecular flexibility index (Phi) is 7.69. The van der Waals surface area contributed by atoms with Gasteiger partial charge in [-0.15, -0.1) is 0 Å². The molecule has 0 saturated carbocycles. The highest BCUT2D eigenvalue weighted by Gasteiger charge is 2.30. The molecule has 3 aromatic carbocycles. The van der Waals surface area contributed by atoms with Gasteiger partial charge in [0.15, 0.2) is 11.5 Å². The molecule has 0 spiro atoms. The van der Waals surface area contributed by atoms with Crippen molar-refractivity contribution in [2.45, 2.75) is 26.3 Å². The van der Waals surface area contributed by atoms with Crippen molar-refractivity contribution in [1.29, 1.82) is 0 Å². The number of nitrogens with two attached hydrogens (primary N) is 2. The highest BCUT2D eigenvalue weighted by Crippen LogP contribution is 2.37. The minimum Gasteiger partial charge on any atom is -0.493 e. The molecule has 0 bridgehead atoms. The maximum Gasteiger partial charge on any atom is 0.267 e. The molecule has 4 aromatic rings. The van der Waals surface area contributed by atoms with Crippen LogP contribution in [-0.4, -0.2) is 41.3 Å². The molecule has 41 heavy (non-hydrogen) atoms. The Hall–Kier alpha value is -5.18. The molecule has 9 heteroatoms. The third-order valence-corrected chi connectivity index (χ3v) is 6.93. The molecule has 1 atom stereocenters. The zero-order chi connectivity index (χ0) is 29.1. The Labute approximate surface area is 239 Å². The van der Waals surface area contributed by atoms with Crippen molar-refractivity contribution < 1.29 is 14.3 Å². The average molecular weight is 549 g/mol. The first-order valence-electron chi connectivity index (χ1n) is 13.1. The molecule has 0 radical (unpaired) electrons. The summed E-state index contributed by atoms with van der Waals surface area (Å²) in [5, 5.41) is 6.10. The summed E-state index contributed by atoms with van der Waals surface area (Å²) in [6.45, 7) is 4.11. The van der Waals surface area contributed by atoms with Crippen LogP contribution in [0.3, 0.4) is 0 Å². The Morgan fingerprint density at radius 2 is 1.78 bits per heavy atom. The van der Waals surface area contributed by atoms with E-state index in [1.54, 1.807) is 32.7 Å². The van der Waals surface area contributed by atoms with Gasteiger partial charge in [0.1, 0.15) is 11.9 Å². The summed E-state index contributed by atoms with van der Waals surface area (Å²) in [6, 6.07) is 17.7. The van der Waals surface area contributed by atoms with Gasteiger partial charge in [-0.3, -0.25) is 4.79 Å². The predicted molar refractivity (Wildman–Crippen MR) is 161 cm³/mol. The molecule has 5 rings (SSSR count). The number of carbonyl (C=O) groups excluding carboxylic acids is 1. The summed E-state index contributed by atoms with van der Waals surface area (Å²) < 4.78 is 11.3. The van der Waals surface area contributed by atoms with Gasteiger partial charge < -0.3 is 20.9 Å². The van der Waals surface area contributed by atoms with E-state index in [-0.39, 0.29) is 17.9 Å². The van der Waals surface area contributed by atoms with Crippen LogP contribution in [-0.2, 0) is 11.2 Å². The lowest BCUT2D eigenvalue weighted by atomic mass is 9.91. The normalized spacial score (nSPS) is 14.2. The fourth-order valence-electron chi connectivity index (χ4n) is 5.18. The fourth-order valence-corrected chi connectivity index (χ4v) is 5.18. The molecule has 0 saturated heterocycles. The van der Waals surface area contributed by atoms with Crippen LogP contribution in [0, 0.1) is 13.8 Å². The molecule has 208 valence electrons. The number of nitrogens with zero attached hydrogens (tertiary/aromatic N) is 4. The topological polar surface area (TPSA) is 129 Å². The standard InChI is InChI=1S/C32H32N6O3/c1-19-11-20(2)13-24(12-19)29-26-8-6-5-7-23(26)18-36-38(29)28(39)10-9-22-14-21(16-27(40-3)30(22)41-4)15-25-17-35-32(34)37-31(25)33/h5-14,16-18,29H,15H2,1-4H3,(H4,33,34,35,37)/b10-9+/t29-/m0/s1. The van der Waals surface area contributed by atoms with Crippen LogP contribution in [0.4, 0.5) is 11.8 Å². The number of aryl methyl sites for hydroxylation is 2. The second-order valence-corrected chi connectivity index (χ2v) is 9.95. The maximum atomic E-state index is 13.7. The van der Waals surface area contributed by atoms with Crippen molar-refractivity contribution in [2.24, 2.45) is 5.10 Å². The van der Waals surface area contributed by atoms with Gasteiger partial charge in [0.05, 0.1) is 20.4 Å². The second-order valence-electron chi connectivity index (χ2n) is 9.95. The molecule has 1 aliphatic heterocycles. The summed E-state index contributed by atoms with van der Waals surface area (Å²) >= 11 is 0. The number of hydrazone groups is 1. The number of nitrogen functional groups attached to an aromatic ring is 2. The second kappa shape index (κ2) is 11.5. The van der Waals surface area contributed by atoms with Crippen LogP contribution >= 0.6 is 0 Å². The number of ether oxygens (including phenoxy) is 2. The molecular formula is C32H32N6O3. The molecule has 1 aromatic heterocycles. The molecule has 9 nitrogen and oxygen atoms in total. The van der Waals surface area contributed by atoms with E-state index in [1.807, 2.05) is 36.4 Å². The van der Waals surface area contributed by atoms with Crippen molar-refractivity contribution in [3.63, 3.8) is 0 Å². The van der Waals surface area contributed by atoms with E-state index >= 15 is 0 Å². The Balaban J connectivity index is 1.51. The number of hydrogen-bond acceptors (Lipinski definition) is 8. The van der Waals surface area contributed by atoms with Gasteiger partial charge in [-0.2, -0.15) is 10.1 Å². The van der Waals surface area contributed by atoms with E-state index in [9.17, 15) is 4.79 Å². The number of anilines is 2. The zero-order valence-corrected chi connectivity index (χ0v) is 23.5. The van der Waals surface area contributed by atoms with E-state index in [0.717, 1.165) is 38.9 Å². The number of amides is 1. The summed E-state index contributed by atoms with van der Waals surface area (Å²) in [6.07, 6.45) is 6.98. The van der Waals surface area contributed by atoms with E-state index in [1.165, 1.54) is 11.1 Å². The zero-order valence-electron chi connectivity index (χ0n) is 23.5. The van der Waals surface area contributed by atoms with Gasteiger partial charge in [-0.05, 0) is 48.7 Å². The van der Waals surface area contributed by atoms with Crippen LogP contribution in [0.15, 0.2) is 72.0 Å². The fraction of sp³-hybridized carbons (Fsp3) is 0.188. The van der Waals surface area contributed by atoms with Crippen LogP contribution in [0.2, 0.25) is 0 Å². The van der Waals surface area contributed by atoms with Gasteiger partial charge in [-0.1, -0.05) is 53.6 Å². The monoisotopic (exact) mass is 548 g/mol. The van der Waals surface area contributed by atoms with E-state index < -0.39 is 0 Å². The Morgan fingerprint density at radius 3 is 2.49 bits per heavy atom. The molecular weight excluding hydrogens is 516 g/mol. The molecule has 1 amide bonds. The Bertz CT molecular complexity index is 1660. The van der Waals surface area contributed by atoms with Crippen LogP contribution in [0.5, 0.6) is 11.5 Å². The SMILES string of the molecule is COc1cc(Cc2cnc(N)nc2N)cc(/C=C/C(=O)N2N=Cc3ccccc3[C@@H]2c2cc(C)cc(C)c2)c1OC. The van der Waals surface area contributed by atoms with Crippen molar-refractivity contribution in [1.82, 2.24) is 15.0 Å². The average Bonchev–Trinajstić information content (AvgIpc) is 2.95. The van der Waals surface area contributed by atoms with Gasteiger partial charge >= 0.3 is 0 Å². The highest BCUT2D eigenvalue weighted by molar-refractivity contribution is 5.95. The van der Waals surface area contributed by atoms with Crippen molar-refractivity contribution in [3.8, 4) is 11.5 Å². The van der Waals surface area contributed by atoms with Crippen LogP contribution in [0.25, 0.3) is 6.08 Å². The minimum absolute atomic E-state index is 0.114. The summed E-state index contributed by atoms with van der Waals surface area (Å²) in [5.41, 5.74) is 19.2. The Morgan fingerprint density at radius 1 is 1.02 bits per heavy atom. The third kappa shape index (κ3) is 5.74. The van der Waals surface area contributed by atoms with Gasteiger partial charge in [0.25, 0.3) is 5.91 Å². The molecule has 2 heterocycles. The number of hydrogen-bond donors (Lipinski definition) is 2. The van der Waals surface area contributed by atoms with Crippen molar-refractivity contribution in [3.05, 3.63) is 111 Å². The number of methoxy groups -OCH3 is 2. The lowest BCUT2D eigenvalue weighted by molar-refractivity contribution is -0.127. The lowest BCUT2D eigenvalue weighted by Crippen LogP contribution is -2.33. The molecule has 1 aliphatic rings. The molecule has 0 unspecified atom stereocenters.